The molecule has 38 heavy (non-hydrogen) atoms. The van der Waals surface area contributed by atoms with Gasteiger partial charge in [0.2, 0.25) is 0 Å². The van der Waals surface area contributed by atoms with Crippen LogP contribution in [0.5, 0.6) is 11.5 Å². The van der Waals surface area contributed by atoms with E-state index in [0.29, 0.717) is 41.0 Å². The number of benzene rings is 2. The third-order valence-electron chi connectivity index (χ3n) is 5.93. The number of rotatable bonds is 6. The van der Waals surface area contributed by atoms with E-state index in [1.54, 1.807) is 49.4 Å². The molecule has 1 amide bonds. The summed E-state index contributed by atoms with van der Waals surface area (Å²) in [5, 5.41) is 11.8. The van der Waals surface area contributed by atoms with Crippen molar-refractivity contribution in [2.45, 2.75) is 13.0 Å². The summed E-state index contributed by atoms with van der Waals surface area (Å²) in [7, 11) is 0. The first-order valence-corrected chi connectivity index (χ1v) is 12.7. The molecule has 2 aliphatic rings. The highest BCUT2D eigenvalue weighted by molar-refractivity contribution is 7.17. The van der Waals surface area contributed by atoms with Crippen molar-refractivity contribution >= 4 is 51.5 Å². The number of aryl methyl sites for hydroxylation is 1. The van der Waals surface area contributed by atoms with Crippen molar-refractivity contribution in [2.24, 2.45) is 0 Å². The third-order valence-corrected chi connectivity index (χ3v) is 7.31. The standard InChI is InChI=1S/C27H21ClN2O7S/c1-3-9-37-26(34)24-14(2)29-27(38-24)30-21(15-5-4-6-17(28)12-15)20(23(32)25(30)33)22(31)16-7-8-18-19(13-16)36-11-10-35-18/h3-8,12-13,21,31H,1,9-11H2,2H3/b22-20+. The predicted octanol–water partition coefficient (Wildman–Crippen LogP) is 4.85. The number of ketones is 1. The molecule has 0 radical (unpaired) electrons. The van der Waals surface area contributed by atoms with Gasteiger partial charge in [-0.15, -0.1) is 0 Å². The Morgan fingerprint density at radius 1 is 1.24 bits per heavy atom. The number of carbonyl (C=O) groups is 3. The highest BCUT2D eigenvalue weighted by Crippen LogP contribution is 2.45. The van der Waals surface area contributed by atoms with Crippen LogP contribution in [0.1, 0.15) is 32.5 Å². The summed E-state index contributed by atoms with van der Waals surface area (Å²) in [6.45, 7) is 5.87. The average molecular weight is 553 g/mol. The van der Waals surface area contributed by atoms with Crippen LogP contribution in [0, 0.1) is 6.92 Å². The normalized spacial score (nSPS) is 17.9. The van der Waals surface area contributed by atoms with Gasteiger partial charge in [-0.2, -0.15) is 0 Å². The lowest BCUT2D eigenvalue weighted by Crippen LogP contribution is -2.29. The number of nitrogens with zero attached hydrogens (tertiary/aromatic N) is 2. The molecule has 0 aliphatic carbocycles. The van der Waals surface area contributed by atoms with Crippen LogP contribution < -0.4 is 14.4 Å². The number of fused-ring (bicyclic) bond motifs is 1. The van der Waals surface area contributed by atoms with Crippen LogP contribution in [0.4, 0.5) is 5.13 Å². The number of ether oxygens (including phenoxy) is 3. The van der Waals surface area contributed by atoms with Gasteiger partial charge in [0.25, 0.3) is 5.78 Å². The van der Waals surface area contributed by atoms with Gasteiger partial charge in [-0.3, -0.25) is 14.5 Å². The molecule has 1 fully saturated rings. The van der Waals surface area contributed by atoms with Crippen molar-refractivity contribution in [2.75, 3.05) is 24.7 Å². The van der Waals surface area contributed by atoms with Crippen LogP contribution in [-0.2, 0) is 14.3 Å². The number of halogens is 1. The number of esters is 1. The van der Waals surface area contributed by atoms with Crippen LogP contribution in [0.15, 0.2) is 60.7 Å². The fraction of sp³-hybridized carbons (Fsp3) is 0.185. The van der Waals surface area contributed by atoms with Crippen LogP contribution in [0.25, 0.3) is 5.76 Å². The number of Topliss-reactive ketones (excluding diaryl/α,β-unsaturated/α-hetero) is 1. The number of hydrogen-bond acceptors (Lipinski definition) is 9. The molecule has 0 bridgehead atoms. The molecule has 2 aliphatic heterocycles. The third kappa shape index (κ3) is 4.52. The fourth-order valence-electron chi connectivity index (χ4n) is 4.24. The Hall–Kier alpha value is -4.15. The first kappa shape index (κ1) is 25.5. The van der Waals surface area contributed by atoms with Crippen LogP contribution >= 0.6 is 22.9 Å². The number of hydrogen-bond donors (Lipinski definition) is 1. The van der Waals surface area contributed by atoms with Crippen molar-refractivity contribution in [1.82, 2.24) is 4.98 Å². The van der Waals surface area contributed by atoms with Crippen LogP contribution in [-0.4, -0.2) is 47.6 Å². The first-order chi connectivity index (χ1) is 18.3. The lowest BCUT2D eigenvalue weighted by atomic mass is 9.95. The molecule has 9 nitrogen and oxygen atoms in total. The molecule has 1 saturated heterocycles. The van der Waals surface area contributed by atoms with E-state index in [1.807, 2.05) is 0 Å². The summed E-state index contributed by atoms with van der Waals surface area (Å²) in [5.74, 6) is -1.93. The summed E-state index contributed by atoms with van der Waals surface area (Å²) in [4.78, 5) is 45.1. The minimum Gasteiger partial charge on any atom is -0.507 e. The minimum absolute atomic E-state index is 0.00800. The number of thiazole rings is 1. The number of carbonyl (C=O) groups excluding carboxylic acids is 3. The zero-order valence-corrected chi connectivity index (χ0v) is 21.7. The Morgan fingerprint density at radius 2 is 2.00 bits per heavy atom. The molecule has 5 rings (SSSR count). The van der Waals surface area contributed by atoms with Gasteiger partial charge in [0.1, 0.15) is 30.5 Å². The van der Waals surface area contributed by atoms with E-state index in [2.05, 4.69) is 11.6 Å². The molecular formula is C27H21ClN2O7S. The summed E-state index contributed by atoms with van der Waals surface area (Å²) >= 11 is 7.16. The predicted molar refractivity (Wildman–Crippen MR) is 141 cm³/mol. The van der Waals surface area contributed by atoms with E-state index in [1.165, 1.54) is 11.0 Å². The number of amides is 1. The maximum Gasteiger partial charge on any atom is 0.350 e. The average Bonchev–Trinajstić information content (AvgIpc) is 3.43. The van der Waals surface area contributed by atoms with Crippen molar-refractivity contribution in [3.63, 3.8) is 0 Å². The highest BCUT2D eigenvalue weighted by Gasteiger charge is 2.48. The topological polar surface area (TPSA) is 115 Å². The van der Waals surface area contributed by atoms with Gasteiger partial charge in [0, 0.05) is 10.6 Å². The highest BCUT2D eigenvalue weighted by atomic mass is 35.5. The van der Waals surface area contributed by atoms with E-state index in [0.717, 1.165) is 11.3 Å². The summed E-state index contributed by atoms with van der Waals surface area (Å²) in [6.07, 6.45) is 1.44. The molecule has 1 unspecified atom stereocenters. The molecule has 1 atom stereocenters. The van der Waals surface area contributed by atoms with Crippen molar-refractivity contribution in [1.29, 1.82) is 0 Å². The number of aliphatic hydroxyl groups is 1. The summed E-state index contributed by atoms with van der Waals surface area (Å²) in [5.41, 5.74) is 0.915. The van der Waals surface area contributed by atoms with Gasteiger partial charge in [0.05, 0.1) is 17.3 Å². The quantitative estimate of drug-likeness (QED) is 0.152. The van der Waals surface area contributed by atoms with Gasteiger partial charge in [-0.05, 0) is 42.8 Å². The smallest absolute Gasteiger partial charge is 0.350 e. The Bertz CT molecular complexity index is 1510. The Balaban J connectivity index is 1.65. The Morgan fingerprint density at radius 3 is 2.74 bits per heavy atom. The van der Waals surface area contributed by atoms with E-state index in [-0.39, 0.29) is 27.8 Å². The molecular weight excluding hydrogens is 532 g/mol. The minimum atomic E-state index is -1.07. The molecule has 194 valence electrons. The van der Waals surface area contributed by atoms with Gasteiger partial charge < -0.3 is 19.3 Å². The number of aliphatic hydroxyl groups excluding tert-OH is 1. The number of aromatic nitrogens is 1. The molecule has 0 saturated carbocycles. The van der Waals surface area contributed by atoms with Crippen LogP contribution in [0.3, 0.4) is 0 Å². The van der Waals surface area contributed by atoms with Gasteiger partial charge in [-0.25, -0.2) is 9.78 Å². The lowest BCUT2D eigenvalue weighted by molar-refractivity contribution is -0.132. The SMILES string of the molecule is C=CCOC(=O)c1sc(N2C(=O)C(=O)/C(=C(/O)c3ccc4c(c3)OCCO4)C2c2cccc(Cl)c2)nc1C. The molecule has 1 N–H and O–H groups in total. The Labute approximate surface area is 226 Å². The molecule has 3 aromatic rings. The van der Waals surface area contributed by atoms with Gasteiger partial charge >= 0.3 is 11.9 Å². The second-order valence-electron chi connectivity index (χ2n) is 8.38. The molecule has 3 heterocycles. The molecule has 1 aromatic heterocycles. The van der Waals surface area contributed by atoms with E-state index in [4.69, 9.17) is 25.8 Å². The summed E-state index contributed by atoms with van der Waals surface area (Å²) in [6, 6.07) is 10.3. The number of anilines is 1. The van der Waals surface area contributed by atoms with Crippen molar-refractivity contribution in [3.05, 3.63) is 87.4 Å². The monoisotopic (exact) mass is 552 g/mol. The maximum atomic E-state index is 13.4. The van der Waals surface area contributed by atoms with Gasteiger partial charge in [0.15, 0.2) is 16.6 Å². The van der Waals surface area contributed by atoms with Gasteiger partial charge in [-0.1, -0.05) is 47.7 Å². The van der Waals surface area contributed by atoms with E-state index < -0.39 is 29.5 Å². The molecule has 0 spiro atoms. The zero-order chi connectivity index (χ0) is 27.0. The van der Waals surface area contributed by atoms with Crippen LogP contribution in [0.2, 0.25) is 5.02 Å². The molecule has 2 aromatic carbocycles. The van der Waals surface area contributed by atoms with E-state index >= 15 is 0 Å². The maximum absolute atomic E-state index is 13.4. The van der Waals surface area contributed by atoms with Crippen molar-refractivity contribution in [3.8, 4) is 11.5 Å². The largest absolute Gasteiger partial charge is 0.507 e. The zero-order valence-electron chi connectivity index (χ0n) is 20.1. The second kappa shape index (κ2) is 10.3. The Kier molecular flexibility index (Phi) is 6.92. The second-order valence-corrected chi connectivity index (χ2v) is 9.79. The van der Waals surface area contributed by atoms with Crippen molar-refractivity contribution < 1.29 is 33.7 Å². The lowest BCUT2D eigenvalue weighted by Gasteiger charge is -2.23. The van der Waals surface area contributed by atoms with E-state index in [9.17, 15) is 19.5 Å². The first-order valence-electron chi connectivity index (χ1n) is 11.5. The molecule has 11 heteroatoms. The summed E-state index contributed by atoms with van der Waals surface area (Å²) < 4.78 is 16.3. The fourth-order valence-corrected chi connectivity index (χ4v) is 5.43.